The Morgan fingerprint density at radius 2 is 1.10 bits per heavy atom. The Kier molecular flexibility index (Phi) is 15.1. The van der Waals surface area contributed by atoms with E-state index in [0.717, 1.165) is 78.2 Å². The number of benzene rings is 6. The minimum Gasteiger partial charge on any atom is -0.486 e. The number of ether oxygens (including phenoxy) is 2. The van der Waals surface area contributed by atoms with Crippen LogP contribution in [-0.2, 0) is 54.4 Å². The third-order valence-corrected chi connectivity index (χ3v) is 13.3. The Morgan fingerprint density at radius 1 is 0.600 bits per heavy atom. The first-order valence-corrected chi connectivity index (χ1v) is 24.4. The van der Waals surface area contributed by atoms with Crippen LogP contribution in [0, 0.1) is 40.8 Å². The fourth-order valence-electron chi connectivity index (χ4n) is 9.53. The maximum Gasteiger partial charge on any atom is 0.419 e. The molecule has 80 heavy (non-hydrogen) atoms. The maximum atomic E-state index is 15.3. The van der Waals surface area contributed by atoms with Crippen LogP contribution >= 0.6 is 0 Å². The molecular formula is C55H41F12N9O4. The molecule has 0 radical (unpaired) electrons. The summed E-state index contributed by atoms with van der Waals surface area (Å²) in [6, 6.07) is 21.6. The number of amides is 2. The highest BCUT2D eigenvalue weighted by Gasteiger charge is 2.36. The van der Waals surface area contributed by atoms with Crippen LogP contribution in [0.4, 0.5) is 64.1 Å². The number of carbonyl (C=O) groups excluding carboxylic acids is 2. The summed E-state index contributed by atoms with van der Waals surface area (Å²) in [7, 11) is 0. The van der Waals surface area contributed by atoms with E-state index in [2.05, 4.69) is 36.2 Å². The zero-order valence-corrected chi connectivity index (χ0v) is 41.3. The molecule has 2 aromatic heterocycles. The molecule has 0 bridgehead atoms. The lowest BCUT2D eigenvalue weighted by atomic mass is 10.0. The summed E-state index contributed by atoms with van der Waals surface area (Å²) in [4.78, 5) is 27.3. The molecule has 1 fully saturated rings. The van der Waals surface area contributed by atoms with Crippen molar-refractivity contribution in [3.05, 3.63) is 178 Å². The van der Waals surface area contributed by atoms with Crippen molar-refractivity contribution in [2.75, 3.05) is 30.3 Å². The van der Waals surface area contributed by atoms with Crippen molar-refractivity contribution in [2.24, 2.45) is 5.92 Å². The van der Waals surface area contributed by atoms with Crippen molar-refractivity contribution in [3.8, 4) is 45.1 Å². The van der Waals surface area contributed by atoms with Crippen molar-refractivity contribution in [1.82, 2.24) is 34.9 Å². The van der Waals surface area contributed by atoms with Crippen LogP contribution in [-0.4, -0.2) is 72.5 Å². The first-order valence-electron chi connectivity index (χ1n) is 24.4. The van der Waals surface area contributed by atoms with E-state index in [9.17, 15) is 44.7 Å². The van der Waals surface area contributed by atoms with Crippen molar-refractivity contribution in [1.29, 1.82) is 0 Å². The van der Waals surface area contributed by atoms with Crippen LogP contribution in [0.2, 0.25) is 0 Å². The first kappa shape index (κ1) is 54.6. The molecule has 0 saturated carbocycles. The Labute approximate surface area is 445 Å². The van der Waals surface area contributed by atoms with Crippen LogP contribution in [0.3, 0.4) is 0 Å². The molecule has 6 aromatic carbocycles. The summed E-state index contributed by atoms with van der Waals surface area (Å²) in [6.07, 6.45) is -8.68. The maximum absolute atomic E-state index is 15.3. The van der Waals surface area contributed by atoms with E-state index in [0.29, 0.717) is 43.3 Å². The topological polar surface area (TPSA) is 141 Å². The number of rotatable bonds is 15. The largest absolute Gasteiger partial charge is 0.486 e. The highest BCUT2D eigenvalue weighted by Crippen LogP contribution is 2.38. The summed E-state index contributed by atoms with van der Waals surface area (Å²) in [6.45, 7) is 2.74. The van der Waals surface area contributed by atoms with Crippen LogP contribution in [0.5, 0.6) is 11.5 Å². The second-order valence-corrected chi connectivity index (χ2v) is 19.1. The fraction of sp³-hybridized carbons (Fsp3) is 0.236. The van der Waals surface area contributed by atoms with Gasteiger partial charge in [0.1, 0.15) is 52.9 Å². The van der Waals surface area contributed by atoms with Crippen LogP contribution in [0.25, 0.3) is 33.6 Å². The molecule has 414 valence electrons. The number of anilines is 2. The van der Waals surface area contributed by atoms with Gasteiger partial charge in [-0.15, -0.1) is 10.2 Å². The number of nitrogens with zero attached hydrogens (tertiary/aromatic N) is 7. The van der Waals surface area contributed by atoms with Crippen LogP contribution in [0.15, 0.2) is 116 Å². The SMILES string of the molecule is O=C(Cc1cccc(C(F)(F)F)c1F)Nc1cc(F)c(-c2cn(CC3CCN(Cc4ccc(-c5ccc6c(c5)OCC(Cn5cc(-c7c(F)cc(NC(=O)Cc8cccc(C(F)(F)F)c8F)cc7F)nn5)O6)cc4)C3)nn2)c(F)c1. The number of hydrogen-bond acceptors (Lipinski definition) is 9. The second-order valence-electron chi connectivity index (χ2n) is 19.1. The van der Waals surface area contributed by atoms with E-state index in [-0.39, 0.29) is 41.8 Å². The lowest BCUT2D eigenvalue weighted by Gasteiger charge is -2.26. The summed E-state index contributed by atoms with van der Waals surface area (Å²) in [5.41, 5.74) is -3.40. The zero-order valence-electron chi connectivity index (χ0n) is 41.3. The lowest BCUT2D eigenvalue weighted by molar-refractivity contribution is -0.141. The Morgan fingerprint density at radius 3 is 1.61 bits per heavy atom. The van der Waals surface area contributed by atoms with Gasteiger partial charge >= 0.3 is 12.4 Å². The number of halogens is 12. The predicted molar refractivity (Wildman–Crippen MR) is 263 cm³/mol. The molecule has 2 amide bonds. The standard InChI is InChI=1S/C55H41F12N9O4/c56-40-18-35(68-48(77)16-33-3-1-5-38(52(33)60)54(62,63)64)19-41(57)50(40)44-26-75(72-70-44)24-30-13-14-74(23-30)22-29-7-9-31(10-8-29)32-11-12-46-47(15-32)79-28-37(80-46)25-76-27-45(71-73-76)51-42(58)20-36(21-43(51)59)69-49(78)17-34-4-2-6-39(53(34)61)55(65,66)67/h1-12,15,18-21,26-27,30,37H,13-14,16-17,22-25,28H2,(H,68,77)(H,69,78). The van der Waals surface area contributed by atoms with Gasteiger partial charge in [0, 0.05) is 31.0 Å². The summed E-state index contributed by atoms with van der Waals surface area (Å²) >= 11 is 0. The number of carbonyl (C=O) groups is 2. The van der Waals surface area contributed by atoms with Gasteiger partial charge in [-0.3, -0.25) is 19.2 Å². The van der Waals surface area contributed by atoms with E-state index in [1.807, 2.05) is 36.4 Å². The fourth-order valence-corrected chi connectivity index (χ4v) is 9.53. The Balaban J connectivity index is 0.685. The molecule has 2 unspecified atom stereocenters. The van der Waals surface area contributed by atoms with Crippen molar-refractivity contribution < 1.29 is 71.7 Å². The number of fused-ring (bicyclic) bond motifs is 1. The molecule has 2 aliphatic rings. The van der Waals surface area contributed by atoms with Crippen LogP contribution in [0.1, 0.15) is 34.2 Å². The quantitative estimate of drug-likeness (QED) is 0.0960. The number of alkyl halides is 6. The number of likely N-dealkylation sites (tertiary alicyclic amines) is 1. The molecule has 2 N–H and O–H groups in total. The first-order chi connectivity index (χ1) is 38.1. The Bertz CT molecular complexity index is 3600. The molecule has 2 atom stereocenters. The molecule has 8 aromatic rings. The molecule has 25 heteroatoms. The average molecular weight is 1120 g/mol. The Hall–Kier alpha value is -8.74. The van der Waals surface area contributed by atoms with E-state index in [4.69, 9.17) is 9.47 Å². The van der Waals surface area contributed by atoms with E-state index >= 15 is 17.6 Å². The third-order valence-electron chi connectivity index (χ3n) is 13.3. The van der Waals surface area contributed by atoms with E-state index in [1.54, 1.807) is 6.07 Å². The summed E-state index contributed by atoms with van der Waals surface area (Å²) < 4.78 is 184. The van der Waals surface area contributed by atoms with E-state index < -0.39 is 111 Å². The molecule has 0 spiro atoms. The third kappa shape index (κ3) is 12.3. The smallest absolute Gasteiger partial charge is 0.419 e. The van der Waals surface area contributed by atoms with Crippen LogP contribution < -0.4 is 20.1 Å². The molecule has 1 saturated heterocycles. The van der Waals surface area contributed by atoms with Gasteiger partial charge in [0.25, 0.3) is 0 Å². The molecule has 13 nitrogen and oxygen atoms in total. The van der Waals surface area contributed by atoms with Gasteiger partial charge in [-0.25, -0.2) is 31.0 Å². The van der Waals surface area contributed by atoms with Gasteiger partial charge in [0.05, 0.1) is 54.0 Å². The van der Waals surface area contributed by atoms with Gasteiger partial charge in [-0.1, -0.05) is 65.0 Å². The van der Waals surface area contributed by atoms with Crippen molar-refractivity contribution >= 4 is 23.2 Å². The van der Waals surface area contributed by atoms with Gasteiger partial charge in [-0.2, -0.15) is 26.3 Å². The van der Waals surface area contributed by atoms with Crippen molar-refractivity contribution in [2.45, 2.75) is 57.4 Å². The monoisotopic (exact) mass is 1120 g/mol. The summed E-state index contributed by atoms with van der Waals surface area (Å²) in [5.74, 6) is -8.59. The number of aromatic nitrogens is 6. The molecular weight excluding hydrogens is 1080 g/mol. The predicted octanol–water partition coefficient (Wildman–Crippen LogP) is 11.5. The van der Waals surface area contributed by atoms with E-state index in [1.165, 1.54) is 21.8 Å². The van der Waals surface area contributed by atoms with Gasteiger partial charge in [0.2, 0.25) is 11.8 Å². The zero-order chi connectivity index (χ0) is 56.6. The molecule has 4 heterocycles. The van der Waals surface area contributed by atoms with Crippen molar-refractivity contribution in [3.63, 3.8) is 0 Å². The minimum atomic E-state index is -4.99. The highest BCUT2D eigenvalue weighted by molar-refractivity contribution is 5.93. The van der Waals surface area contributed by atoms with Gasteiger partial charge in [0.15, 0.2) is 17.6 Å². The second kappa shape index (κ2) is 22.2. The molecule has 2 aliphatic heterocycles. The van der Waals surface area contributed by atoms with Gasteiger partial charge < -0.3 is 20.1 Å². The van der Waals surface area contributed by atoms with Gasteiger partial charge in [-0.05, 0) is 95.2 Å². The average Bonchev–Trinajstić information content (AvgIpc) is 4.21. The number of nitrogens with one attached hydrogen (secondary N) is 2. The summed E-state index contributed by atoms with van der Waals surface area (Å²) in [5, 5.41) is 20.3. The highest BCUT2D eigenvalue weighted by atomic mass is 19.4. The molecule has 10 rings (SSSR count). The molecule has 0 aliphatic carbocycles. The number of hydrogen-bond donors (Lipinski definition) is 2. The lowest BCUT2D eigenvalue weighted by Crippen LogP contribution is -2.33. The normalized spacial score (nSPS) is 15.6. The minimum absolute atomic E-state index is 0.0803.